The maximum absolute atomic E-state index is 2.79. The molecule has 0 bridgehead atoms. The number of hydrogen-bond acceptors (Lipinski definition) is 0. The minimum atomic E-state index is 0.540. The maximum Gasteiger partial charge on any atom is -0.00851 e. The van der Waals surface area contributed by atoms with E-state index >= 15 is 0 Å². The summed E-state index contributed by atoms with van der Waals surface area (Å²) in [5.41, 5.74) is 3.07. The van der Waals surface area contributed by atoms with E-state index in [1.807, 2.05) is 5.57 Å². The van der Waals surface area contributed by atoms with Crippen LogP contribution in [0.4, 0.5) is 0 Å². The Kier molecular flexibility index (Phi) is 7.07. The molecule has 0 N–H and O–H groups in total. The van der Waals surface area contributed by atoms with Crippen molar-refractivity contribution in [2.45, 2.75) is 126 Å². The maximum atomic E-state index is 2.79. The van der Waals surface area contributed by atoms with Gasteiger partial charge in [0.1, 0.15) is 0 Å². The van der Waals surface area contributed by atoms with Crippen LogP contribution in [0.2, 0.25) is 0 Å². The molecule has 0 aliphatic heterocycles. The Balaban J connectivity index is 1.46. The highest BCUT2D eigenvalue weighted by atomic mass is 14.6. The molecule has 0 spiro atoms. The predicted molar refractivity (Wildman–Crippen MR) is 136 cm³/mol. The molecule has 8 unspecified atom stereocenters. The highest BCUT2D eigenvalue weighted by Gasteiger charge is 2.59. The second-order valence-electron chi connectivity index (χ2n) is 14.0. The molecule has 0 amide bonds. The van der Waals surface area contributed by atoms with E-state index in [4.69, 9.17) is 0 Å². The average Bonchev–Trinajstić information content (AvgIpc) is 3.05. The van der Waals surface area contributed by atoms with Crippen molar-refractivity contribution in [2.24, 2.45) is 58.2 Å². The molecule has 3 saturated carbocycles. The molecule has 31 heavy (non-hydrogen) atoms. The quantitative estimate of drug-likeness (QED) is 0.355. The molecule has 0 saturated heterocycles. The van der Waals surface area contributed by atoms with Gasteiger partial charge in [-0.1, -0.05) is 79.4 Å². The van der Waals surface area contributed by atoms with E-state index in [9.17, 15) is 0 Å². The lowest BCUT2D eigenvalue weighted by atomic mass is 9.46. The lowest BCUT2D eigenvalue weighted by Crippen LogP contribution is -2.50. The Morgan fingerprint density at radius 2 is 1.65 bits per heavy atom. The lowest BCUT2D eigenvalue weighted by Gasteiger charge is -2.58. The van der Waals surface area contributed by atoms with Crippen molar-refractivity contribution >= 4 is 0 Å². The average molecular weight is 427 g/mol. The molecule has 0 radical (unpaired) electrons. The largest absolute Gasteiger partial charge is 0.0845 e. The molecule has 0 aromatic rings. The van der Waals surface area contributed by atoms with Crippen LogP contribution >= 0.6 is 0 Å². The smallest absolute Gasteiger partial charge is 0.00851 e. The first-order valence-electron chi connectivity index (χ1n) is 14.3. The Labute approximate surface area is 195 Å². The van der Waals surface area contributed by atoms with Gasteiger partial charge in [-0.3, -0.25) is 0 Å². The summed E-state index contributed by atoms with van der Waals surface area (Å²) in [5.74, 6) is 7.60. The van der Waals surface area contributed by atoms with Crippen molar-refractivity contribution in [3.05, 3.63) is 11.6 Å². The summed E-state index contributed by atoms with van der Waals surface area (Å²) >= 11 is 0. The summed E-state index contributed by atoms with van der Waals surface area (Å²) in [6, 6.07) is 0. The fraction of sp³-hybridized carbons (Fsp3) is 0.935. The van der Waals surface area contributed by atoms with Gasteiger partial charge in [-0.15, -0.1) is 0 Å². The monoisotopic (exact) mass is 426 g/mol. The van der Waals surface area contributed by atoms with Gasteiger partial charge in [-0.25, -0.2) is 0 Å². The zero-order chi connectivity index (χ0) is 22.4. The van der Waals surface area contributed by atoms with E-state index < -0.39 is 0 Å². The third-order valence-electron chi connectivity index (χ3n) is 11.2. The lowest BCUT2D eigenvalue weighted by molar-refractivity contribution is -0.0531. The van der Waals surface area contributed by atoms with Crippen molar-refractivity contribution < 1.29 is 0 Å². The van der Waals surface area contributed by atoms with Gasteiger partial charge >= 0.3 is 0 Å². The van der Waals surface area contributed by atoms with Gasteiger partial charge in [0.05, 0.1) is 0 Å². The van der Waals surface area contributed by atoms with Crippen LogP contribution in [0.3, 0.4) is 0 Å². The van der Waals surface area contributed by atoms with Gasteiger partial charge in [-0.05, 0) is 116 Å². The summed E-state index contributed by atoms with van der Waals surface area (Å²) in [5, 5.41) is 0. The first-order valence-corrected chi connectivity index (χ1v) is 14.3. The highest BCUT2D eigenvalue weighted by molar-refractivity contribution is 5.25. The van der Waals surface area contributed by atoms with Gasteiger partial charge in [0.15, 0.2) is 0 Å². The standard InChI is InChI=1S/C31H54/c1-21(2)9-8-10-23(5)27-13-14-28-26-12-11-25-20-24(19-22(3)4)15-17-30(25,6)29(26)16-18-31(27,28)7/h11,21-24,26-29H,8-10,12-20H2,1-7H3. The highest BCUT2D eigenvalue weighted by Crippen LogP contribution is 2.67. The summed E-state index contributed by atoms with van der Waals surface area (Å²) < 4.78 is 0. The molecule has 0 heteroatoms. The molecule has 0 heterocycles. The fourth-order valence-corrected chi connectivity index (χ4v) is 9.63. The zero-order valence-electron chi connectivity index (χ0n) is 22.2. The van der Waals surface area contributed by atoms with E-state index in [0.29, 0.717) is 10.8 Å². The van der Waals surface area contributed by atoms with Crippen molar-refractivity contribution in [3.63, 3.8) is 0 Å². The summed E-state index contributed by atoms with van der Waals surface area (Å²) in [4.78, 5) is 0. The van der Waals surface area contributed by atoms with Gasteiger partial charge in [0.2, 0.25) is 0 Å². The van der Waals surface area contributed by atoms with E-state index in [0.717, 1.165) is 47.3 Å². The topological polar surface area (TPSA) is 0 Å². The normalized spacial score (nSPS) is 43.4. The first kappa shape index (κ1) is 23.9. The molecule has 0 aromatic carbocycles. The van der Waals surface area contributed by atoms with Gasteiger partial charge in [0, 0.05) is 0 Å². The van der Waals surface area contributed by atoms with Crippen LogP contribution in [0.25, 0.3) is 0 Å². The van der Waals surface area contributed by atoms with Gasteiger partial charge < -0.3 is 0 Å². The summed E-state index contributed by atoms with van der Waals surface area (Å²) in [6.45, 7) is 17.7. The van der Waals surface area contributed by atoms with E-state index in [-0.39, 0.29) is 0 Å². The van der Waals surface area contributed by atoms with Crippen LogP contribution < -0.4 is 0 Å². The zero-order valence-corrected chi connectivity index (χ0v) is 22.2. The molecule has 178 valence electrons. The molecular formula is C31H54. The Hall–Kier alpha value is -0.260. The number of hydrogen-bond donors (Lipinski definition) is 0. The van der Waals surface area contributed by atoms with E-state index in [1.165, 1.54) is 77.0 Å². The third-order valence-corrected chi connectivity index (χ3v) is 11.2. The van der Waals surface area contributed by atoms with Crippen LogP contribution in [-0.4, -0.2) is 0 Å². The Morgan fingerprint density at radius 3 is 2.35 bits per heavy atom. The Morgan fingerprint density at radius 1 is 0.871 bits per heavy atom. The SMILES string of the molecule is CC(C)CCCC(C)C1CCC2C3CC=C4CC(CC(C)C)CCC4(C)C3CCC12C. The molecule has 8 atom stereocenters. The number of fused-ring (bicyclic) bond motifs is 5. The first-order chi connectivity index (χ1) is 14.6. The molecule has 3 fully saturated rings. The second-order valence-corrected chi connectivity index (χ2v) is 14.0. The van der Waals surface area contributed by atoms with Gasteiger partial charge in [0.25, 0.3) is 0 Å². The fourth-order valence-electron chi connectivity index (χ4n) is 9.63. The van der Waals surface area contributed by atoms with Crippen molar-refractivity contribution in [2.75, 3.05) is 0 Å². The van der Waals surface area contributed by atoms with Crippen LogP contribution in [0, 0.1) is 58.2 Å². The van der Waals surface area contributed by atoms with E-state index in [2.05, 4.69) is 54.5 Å². The van der Waals surface area contributed by atoms with Crippen LogP contribution in [0.5, 0.6) is 0 Å². The molecule has 0 nitrogen and oxygen atoms in total. The molecule has 4 aliphatic rings. The van der Waals surface area contributed by atoms with Crippen LogP contribution in [-0.2, 0) is 0 Å². The van der Waals surface area contributed by atoms with Crippen LogP contribution in [0.1, 0.15) is 126 Å². The second kappa shape index (κ2) is 9.18. The number of allylic oxidation sites excluding steroid dienone is 2. The molecule has 0 aromatic heterocycles. The molecular weight excluding hydrogens is 372 g/mol. The van der Waals surface area contributed by atoms with Crippen molar-refractivity contribution in [3.8, 4) is 0 Å². The minimum absolute atomic E-state index is 0.540. The minimum Gasteiger partial charge on any atom is -0.0845 e. The van der Waals surface area contributed by atoms with E-state index in [1.54, 1.807) is 0 Å². The summed E-state index contributed by atoms with van der Waals surface area (Å²) in [6.07, 6.45) is 20.5. The van der Waals surface area contributed by atoms with Crippen LogP contribution in [0.15, 0.2) is 11.6 Å². The molecule has 4 aliphatic carbocycles. The Bertz CT molecular complexity index is 640. The van der Waals surface area contributed by atoms with Crippen molar-refractivity contribution in [1.82, 2.24) is 0 Å². The van der Waals surface area contributed by atoms with Gasteiger partial charge in [-0.2, -0.15) is 0 Å². The van der Waals surface area contributed by atoms with Crippen molar-refractivity contribution in [1.29, 1.82) is 0 Å². The predicted octanol–water partition coefficient (Wildman–Crippen LogP) is 9.69. The number of rotatable bonds is 7. The summed E-state index contributed by atoms with van der Waals surface area (Å²) in [7, 11) is 0. The third kappa shape index (κ3) is 4.45. The molecule has 4 rings (SSSR count).